The van der Waals surface area contributed by atoms with Gasteiger partial charge in [0.25, 0.3) is 5.91 Å². The standard InChI is InChI=1S/C17H20ClN3O/c1-3-12(2)21-14-8-9-16(19-11-14)17(22)20-10-13-6-4-5-7-15(13)18/h4-9,11-12,21H,3,10H2,1-2H3,(H,20,22). The van der Waals surface area contributed by atoms with Gasteiger partial charge in [0.15, 0.2) is 0 Å². The van der Waals surface area contributed by atoms with Gasteiger partial charge in [0, 0.05) is 17.6 Å². The fraction of sp³-hybridized carbons (Fsp3) is 0.294. The van der Waals surface area contributed by atoms with Gasteiger partial charge in [-0.25, -0.2) is 4.98 Å². The van der Waals surface area contributed by atoms with Crippen molar-refractivity contribution in [2.45, 2.75) is 32.9 Å². The molecule has 1 unspecified atom stereocenters. The van der Waals surface area contributed by atoms with Crippen LogP contribution in [0.25, 0.3) is 0 Å². The van der Waals surface area contributed by atoms with Crippen molar-refractivity contribution in [1.82, 2.24) is 10.3 Å². The molecule has 0 fully saturated rings. The summed E-state index contributed by atoms with van der Waals surface area (Å²) in [6.07, 6.45) is 2.71. The van der Waals surface area contributed by atoms with Gasteiger partial charge in [-0.2, -0.15) is 0 Å². The lowest BCUT2D eigenvalue weighted by atomic mass is 10.2. The second kappa shape index (κ2) is 7.80. The number of anilines is 1. The summed E-state index contributed by atoms with van der Waals surface area (Å²) in [7, 11) is 0. The van der Waals surface area contributed by atoms with Crippen molar-refractivity contribution >= 4 is 23.2 Å². The van der Waals surface area contributed by atoms with Crippen LogP contribution in [0, 0.1) is 0 Å². The second-order valence-corrected chi connectivity index (χ2v) is 5.57. The lowest BCUT2D eigenvalue weighted by Crippen LogP contribution is -2.24. The molecule has 0 radical (unpaired) electrons. The molecule has 0 aliphatic carbocycles. The molecule has 2 rings (SSSR count). The monoisotopic (exact) mass is 317 g/mol. The number of benzene rings is 1. The molecule has 0 saturated carbocycles. The third-order valence-corrected chi connectivity index (χ3v) is 3.79. The van der Waals surface area contributed by atoms with Crippen LogP contribution < -0.4 is 10.6 Å². The fourth-order valence-electron chi connectivity index (χ4n) is 1.91. The molecule has 2 N–H and O–H groups in total. The second-order valence-electron chi connectivity index (χ2n) is 5.16. The summed E-state index contributed by atoms with van der Waals surface area (Å²) in [6, 6.07) is 11.4. The molecular weight excluding hydrogens is 298 g/mol. The van der Waals surface area contributed by atoms with Crippen molar-refractivity contribution in [3.63, 3.8) is 0 Å². The van der Waals surface area contributed by atoms with Gasteiger partial charge in [0.1, 0.15) is 5.69 Å². The number of hydrogen-bond donors (Lipinski definition) is 2. The van der Waals surface area contributed by atoms with Crippen LogP contribution in [0.2, 0.25) is 5.02 Å². The molecular formula is C17H20ClN3O. The van der Waals surface area contributed by atoms with E-state index in [4.69, 9.17) is 11.6 Å². The van der Waals surface area contributed by atoms with E-state index in [2.05, 4.69) is 29.5 Å². The van der Waals surface area contributed by atoms with Crippen LogP contribution in [0.5, 0.6) is 0 Å². The number of carbonyl (C=O) groups is 1. The van der Waals surface area contributed by atoms with Crippen LogP contribution in [0.3, 0.4) is 0 Å². The smallest absolute Gasteiger partial charge is 0.270 e. The number of nitrogens with zero attached hydrogens (tertiary/aromatic N) is 1. The lowest BCUT2D eigenvalue weighted by molar-refractivity contribution is 0.0946. The minimum absolute atomic E-state index is 0.213. The first kappa shape index (κ1) is 16.3. The number of nitrogens with one attached hydrogen (secondary N) is 2. The molecule has 0 spiro atoms. The van der Waals surface area contributed by atoms with Crippen molar-refractivity contribution < 1.29 is 4.79 Å². The molecule has 1 atom stereocenters. The van der Waals surface area contributed by atoms with Crippen molar-refractivity contribution in [3.05, 3.63) is 58.9 Å². The van der Waals surface area contributed by atoms with E-state index in [1.165, 1.54) is 0 Å². The van der Waals surface area contributed by atoms with Gasteiger partial charge in [-0.15, -0.1) is 0 Å². The Bertz CT molecular complexity index is 628. The zero-order chi connectivity index (χ0) is 15.9. The Morgan fingerprint density at radius 2 is 2.05 bits per heavy atom. The van der Waals surface area contributed by atoms with Gasteiger partial charge >= 0.3 is 0 Å². The highest BCUT2D eigenvalue weighted by atomic mass is 35.5. The first-order valence-corrected chi connectivity index (χ1v) is 7.72. The Labute approximate surface area is 135 Å². The van der Waals surface area contributed by atoms with E-state index < -0.39 is 0 Å². The van der Waals surface area contributed by atoms with Crippen LogP contribution in [0.15, 0.2) is 42.6 Å². The van der Waals surface area contributed by atoms with Gasteiger partial charge in [0.2, 0.25) is 0 Å². The van der Waals surface area contributed by atoms with E-state index in [0.717, 1.165) is 17.7 Å². The van der Waals surface area contributed by atoms with Crippen molar-refractivity contribution in [1.29, 1.82) is 0 Å². The summed E-state index contributed by atoms with van der Waals surface area (Å²) in [5.41, 5.74) is 2.19. The fourth-order valence-corrected chi connectivity index (χ4v) is 2.11. The van der Waals surface area contributed by atoms with E-state index in [1.807, 2.05) is 24.3 Å². The zero-order valence-corrected chi connectivity index (χ0v) is 13.5. The summed E-state index contributed by atoms with van der Waals surface area (Å²) in [5, 5.41) is 6.77. The predicted octanol–water partition coefficient (Wildman–Crippen LogP) is 3.88. The summed E-state index contributed by atoms with van der Waals surface area (Å²) >= 11 is 6.06. The quantitative estimate of drug-likeness (QED) is 0.850. The van der Waals surface area contributed by atoms with E-state index >= 15 is 0 Å². The molecule has 4 nitrogen and oxygen atoms in total. The predicted molar refractivity (Wildman–Crippen MR) is 90.2 cm³/mol. The van der Waals surface area contributed by atoms with Crippen molar-refractivity contribution in [2.75, 3.05) is 5.32 Å². The van der Waals surface area contributed by atoms with Gasteiger partial charge in [-0.3, -0.25) is 4.79 Å². The minimum atomic E-state index is -0.213. The topological polar surface area (TPSA) is 54.0 Å². The highest BCUT2D eigenvalue weighted by molar-refractivity contribution is 6.31. The molecule has 0 bridgehead atoms. The minimum Gasteiger partial charge on any atom is -0.381 e. The third kappa shape index (κ3) is 4.46. The number of hydrogen-bond acceptors (Lipinski definition) is 3. The van der Waals surface area contributed by atoms with E-state index in [0.29, 0.717) is 23.3 Å². The number of halogens is 1. The van der Waals surface area contributed by atoms with Crippen molar-refractivity contribution in [2.24, 2.45) is 0 Å². The van der Waals surface area contributed by atoms with Crippen LogP contribution in [0.1, 0.15) is 36.3 Å². The van der Waals surface area contributed by atoms with Crippen molar-refractivity contribution in [3.8, 4) is 0 Å². The molecule has 22 heavy (non-hydrogen) atoms. The van der Waals surface area contributed by atoms with Crippen LogP contribution in [-0.4, -0.2) is 16.9 Å². The van der Waals surface area contributed by atoms with Gasteiger partial charge in [-0.1, -0.05) is 36.7 Å². The molecule has 5 heteroatoms. The Hall–Kier alpha value is -2.07. The average molecular weight is 318 g/mol. The number of aromatic nitrogens is 1. The van der Waals surface area contributed by atoms with Gasteiger partial charge < -0.3 is 10.6 Å². The van der Waals surface area contributed by atoms with Gasteiger partial charge in [-0.05, 0) is 37.1 Å². The number of pyridine rings is 1. The zero-order valence-electron chi connectivity index (χ0n) is 12.8. The SMILES string of the molecule is CCC(C)Nc1ccc(C(=O)NCc2ccccc2Cl)nc1. The highest BCUT2D eigenvalue weighted by Gasteiger charge is 2.08. The largest absolute Gasteiger partial charge is 0.381 e. The lowest BCUT2D eigenvalue weighted by Gasteiger charge is -2.12. The first-order valence-electron chi connectivity index (χ1n) is 7.34. The molecule has 2 aromatic rings. The molecule has 0 saturated heterocycles. The third-order valence-electron chi connectivity index (χ3n) is 3.42. The maximum atomic E-state index is 12.1. The number of amides is 1. The summed E-state index contributed by atoms with van der Waals surface area (Å²) in [5.74, 6) is -0.213. The summed E-state index contributed by atoms with van der Waals surface area (Å²) in [6.45, 7) is 4.60. The number of carbonyl (C=O) groups excluding carboxylic acids is 1. The molecule has 0 aliphatic heterocycles. The molecule has 1 aromatic carbocycles. The number of rotatable bonds is 6. The molecule has 0 aliphatic rings. The highest BCUT2D eigenvalue weighted by Crippen LogP contribution is 2.14. The molecule has 1 heterocycles. The Morgan fingerprint density at radius 1 is 1.27 bits per heavy atom. The molecule has 116 valence electrons. The van der Waals surface area contributed by atoms with Crippen LogP contribution in [-0.2, 0) is 6.54 Å². The van der Waals surface area contributed by atoms with E-state index in [1.54, 1.807) is 18.3 Å². The Balaban J connectivity index is 1.94. The Morgan fingerprint density at radius 3 is 2.68 bits per heavy atom. The molecule has 1 amide bonds. The van der Waals surface area contributed by atoms with Gasteiger partial charge in [0.05, 0.1) is 11.9 Å². The Kier molecular flexibility index (Phi) is 5.78. The first-order chi connectivity index (χ1) is 10.6. The summed E-state index contributed by atoms with van der Waals surface area (Å²) in [4.78, 5) is 16.3. The molecule has 1 aromatic heterocycles. The van der Waals surface area contributed by atoms with Crippen LogP contribution in [0.4, 0.5) is 5.69 Å². The maximum absolute atomic E-state index is 12.1. The maximum Gasteiger partial charge on any atom is 0.270 e. The summed E-state index contributed by atoms with van der Waals surface area (Å²) < 4.78 is 0. The van der Waals surface area contributed by atoms with E-state index in [9.17, 15) is 4.79 Å². The van der Waals surface area contributed by atoms with Crippen LogP contribution >= 0.6 is 11.6 Å². The van der Waals surface area contributed by atoms with E-state index in [-0.39, 0.29) is 5.91 Å². The average Bonchev–Trinajstić information content (AvgIpc) is 2.54. The normalized spacial score (nSPS) is 11.8.